The van der Waals surface area contributed by atoms with Crippen LogP contribution in [0.15, 0.2) is 30.3 Å². The third-order valence-corrected chi connectivity index (χ3v) is 7.30. The van der Waals surface area contributed by atoms with Crippen molar-refractivity contribution in [1.29, 1.82) is 0 Å². The molecule has 0 bridgehead atoms. The third kappa shape index (κ3) is 7.78. The molecule has 2 aromatic rings. The van der Waals surface area contributed by atoms with Crippen LogP contribution in [0.2, 0.25) is 0 Å². The van der Waals surface area contributed by atoms with Crippen molar-refractivity contribution in [3.05, 3.63) is 47.4 Å². The molecule has 1 saturated heterocycles. The number of ether oxygens (including phenoxy) is 2. The molecule has 0 spiro atoms. The molecule has 1 fully saturated rings. The lowest BCUT2D eigenvalue weighted by molar-refractivity contribution is -0.0865. The number of rotatable bonds is 11. The van der Waals surface area contributed by atoms with Gasteiger partial charge in [-0.25, -0.2) is 27.1 Å². The lowest BCUT2D eigenvalue weighted by Crippen LogP contribution is -2.27. The van der Waals surface area contributed by atoms with Gasteiger partial charge in [0.15, 0.2) is 6.29 Å². The van der Waals surface area contributed by atoms with E-state index in [0.717, 1.165) is 17.0 Å². The number of hydrogen-bond acceptors (Lipinski definition) is 8. The second-order valence-corrected chi connectivity index (χ2v) is 11.6. The van der Waals surface area contributed by atoms with E-state index in [1.54, 1.807) is 18.2 Å². The molecule has 37 heavy (non-hydrogen) atoms. The molecule has 0 amide bonds. The second-order valence-electron chi connectivity index (χ2n) is 9.54. The minimum Gasteiger partial charge on any atom is -0.393 e. The van der Waals surface area contributed by atoms with Crippen LogP contribution in [0.5, 0.6) is 0 Å². The summed E-state index contributed by atoms with van der Waals surface area (Å²) in [6.07, 6.45) is 3.08. The molecule has 1 aromatic heterocycles. The Labute approximate surface area is 218 Å². The topological polar surface area (TPSA) is 122 Å². The Kier molecular flexibility index (Phi) is 9.76. The molecular formula is C26H36FN3O6S. The number of aliphatic hydroxyl groups is 2. The van der Waals surface area contributed by atoms with E-state index in [-0.39, 0.29) is 30.8 Å². The quantitative estimate of drug-likeness (QED) is 0.447. The highest BCUT2D eigenvalue weighted by Crippen LogP contribution is 2.32. The number of halogens is 1. The van der Waals surface area contributed by atoms with Gasteiger partial charge in [0.2, 0.25) is 16.0 Å². The molecule has 3 rings (SSSR count). The first-order valence-electron chi connectivity index (χ1n) is 12.3. The van der Waals surface area contributed by atoms with Gasteiger partial charge in [-0.1, -0.05) is 32.9 Å². The molecule has 204 valence electrons. The highest BCUT2D eigenvalue weighted by molar-refractivity contribution is 7.92. The van der Waals surface area contributed by atoms with Crippen molar-refractivity contribution >= 4 is 22.0 Å². The van der Waals surface area contributed by atoms with E-state index < -0.39 is 34.3 Å². The molecular weight excluding hydrogens is 501 g/mol. The summed E-state index contributed by atoms with van der Waals surface area (Å²) in [4.78, 5) is 9.01. The molecule has 4 atom stereocenters. The van der Waals surface area contributed by atoms with Crippen molar-refractivity contribution in [3.63, 3.8) is 0 Å². The van der Waals surface area contributed by atoms with Crippen LogP contribution < -0.4 is 4.31 Å². The van der Waals surface area contributed by atoms with Crippen molar-refractivity contribution in [3.8, 4) is 11.3 Å². The van der Waals surface area contributed by atoms with Gasteiger partial charge in [0.05, 0.1) is 42.6 Å². The molecule has 9 nitrogen and oxygen atoms in total. The maximum absolute atomic E-state index is 13.6. The summed E-state index contributed by atoms with van der Waals surface area (Å²) in [5.74, 6) is -0.558. The fourth-order valence-electron chi connectivity index (χ4n) is 3.92. The normalized spacial score (nSPS) is 20.0. The molecule has 1 aliphatic heterocycles. The molecule has 0 aliphatic carbocycles. The Bertz CT molecular complexity index is 1190. The number of aromatic nitrogens is 2. The zero-order valence-corrected chi connectivity index (χ0v) is 22.7. The first-order valence-corrected chi connectivity index (χ1v) is 14.2. The first kappa shape index (κ1) is 29.1. The zero-order valence-electron chi connectivity index (χ0n) is 21.8. The van der Waals surface area contributed by atoms with Gasteiger partial charge in [-0.3, -0.25) is 0 Å². The number of anilines is 1. The van der Waals surface area contributed by atoms with Crippen molar-refractivity contribution in [2.45, 2.75) is 70.6 Å². The highest BCUT2D eigenvalue weighted by Gasteiger charge is 2.27. The van der Waals surface area contributed by atoms with Gasteiger partial charge in [-0.15, -0.1) is 0 Å². The summed E-state index contributed by atoms with van der Waals surface area (Å²) in [6.45, 7) is 6.31. The van der Waals surface area contributed by atoms with Gasteiger partial charge in [0.25, 0.3) is 0 Å². The highest BCUT2D eigenvalue weighted by atomic mass is 32.2. The summed E-state index contributed by atoms with van der Waals surface area (Å²) < 4.78 is 50.2. The van der Waals surface area contributed by atoms with E-state index in [0.29, 0.717) is 29.1 Å². The minimum atomic E-state index is -3.63. The first-order chi connectivity index (χ1) is 17.4. The Hall–Kier alpha value is -2.44. The Morgan fingerprint density at radius 1 is 1.22 bits per heavy atom. The average Bonchev–Trinajstić information content (AvgIpc) is 3.29. The number of aliphatic hydroxyl groups excluding tert-OH is 2. The van der Waals surface area contributed by atoms with Gasteiger partial charge in [-0.05, 0) is 36.6 Å². The van der Waals surface area contributed by atoms with E-state index in [4.69, 9.17) is 9.47 Å². The average molecular weight is 538 g/mol. The summed E-state index contributed by atoms with van der Waals surface area (Å²) in [5.41, 5.74) is 2.08. The van der Waals surface area contributed by atoms with Crippen LogP contribution in [-0.2, 0) is 19.5 Å². The van der Waals surface area contributed by atoms with Crippen LogP contribution in [0.1, 0.15) is 57.2 Å². The number of nitrogens with zero attached hydrogens (tertiary/aromatic N) is 3. The van der Waals surface area contributed by atoms with E-state index in [1.807, 2.05) is 20.8 Å². The van der Waals surface area contributed by atoms with Crippen LogP contribution >= 0.6 is 0 Å². The summed E-state index contributed by atoms with van der Waals surface area (Å²) in [7, 11) is -2.26. The predicted octanol–water partition coefficient (Wildman–Crippen LogP) is 3.47. The third-order valence-electron chi connectivity index (χ3n) is 6.14. The van der Waals surface area contributed by atoms with E-state index in [1.165, 1.54) is 25.3 Å². The predicted molar refractivity (Wildman–Crippen MR) is 140 cm³/mol. The van der Waals surface area contributed by atoms with Crippen LogP contribution in [0.4, 0.5) is 10.3 Å². The minimum absolute atomic E-state index is 0.0133. The molecule has 2 unspecified atom stereocenters. The number of benzene rings is 1. The van der Waals surface area contributed by atoms with E-state index in [9.17, 15) is 23.0 Å². The van der Waals surface area contributed by atoms with Crippen molar-refractivity contribution < 1.29 is 32.5 Å². The molecule has 0 radical (unpaired) electrons. The van der Waals surface area contributed by atoms with Gasteiger partial charge in [0, 0.05) is 31.0 Å². The van der Waals surface area contributed by atoms with Crippen LogP contribution in [0.3, 0.4) is 0 Å². The van der Waals surface area contributed by atoms with E-state index >= 15 is 0 Å². The van der Waals surface area contributed by atoms with Crippen LogP contribution in [0.25, 0.3) is 17.3 Å². The molecule has 0 saturated carbocycles. The molecule has 1 aromatic carbocycles. The molecule has 2 N–H and O–H groups in total. The fourth-order valence-corrected chi connectivity index (χ4v) is 4.30. The smallest absolute Gasteiger partial charge is 0.239 e. The van der Waals surface area contributed by atoms with Gasteiger partial charge in [0.1, 0.15) is 5.82 Å². The summed E-state index contributed by atoms with van der Waals surface area (Å²) >= 11 is 0. The summed E-state index contributed by atoms with van der Waals surface area (Å²) in [6, 6.07) is 5.69. The molecule has 11 heteroatoms. The largest absolute Gasteiger partial charge is 0.393 e. The SMILES string of the molecule is CCC1COC(C[C@H](O)C[C@H](O)/C=C/c2c(-c3ccc(F)cc3)nc(N(C)S(C)(=O)=O)nc2C(C)C)O1. The fraction of sp³-hybridized carbons (Fsp3) is 0.538. The zero-order chi connectivity index (χ0) is 27.3. The van der Waals surface area contributed by atoms with Crippen molar-refractivity contribution in [1.82, 2.24) is 9.97 Å². The Morgan fingerprint density at radius 2 is 1.89 bits per heavy atom. The summed E-state index contributed by atoms with van der Waals surface area (Å²) in [5, 5.41) is 21.1. The van der Waals surface area contributed by atoms with Crippen LogP contribution in [-0.4, -0.2) is 73.1 Å². The maximum atomic E-state index is 13.6. The Morgan fingerprint density at radius 3 is 2.46 bits per heavy atom. The van der Waals surface area contributed by atoms with Gasteiger partial charge in [-0.2, -0.15) is 0 Å². The second kappa shape index (κ2) is 12.4. The monoisotopic (exact) mass is 537 g/mol. The van der Waals surface area contributed by atoms with Crippen molar-refractivity contribution in [2.75, 3.05) is 24.2 Å². The Balaban J connectivity index is 1.91. The number of hydrogen-bond donors (Lipinski definition) is 2. The lowest BCUT2D eigenvalue weighted by atomic mass is 9.97. The van der Waals surface area contributed by atoms with Gasteiger partial charge < -0.3 is 19.7 Å². The lowest BCUT2D eigenvalue weighted by Gasteiger charge is -2.21. The van der Waals surface area contributed by atoms with Gasteiger partial charge >= 0.3 is 0 Å². The number of sulfonamides is 1. The van der Waals surface area contributed by atoms with Crippen molar-refractivity contribution in [2.24, 2.45) is 0 Å². The van der Waals surface area contributed by atoms with E-state index in [2.05, 4.69) is 9.97 Å². The molecule has 2 heterocycles. The van der Waals surface area contributed by atoms with Crippen LogP contribution in [0, 0.1) is 5.82 Å². The molecule has 1 aliphatic rings. The maximum Gasteiger partial charge on any atom is 0.239 e. The standard InChI is InChI=1S/C26H36FN3O6S/c1-6-21-15-35-23(36-21)14-20(32)13-19(31)11-12-22-24(16(2)3)28-26(30(4)37(5,33)34)29-25(22)17-7-9-18(27)10-8-17/h7-12,16,19-21,23,31-32H,6,13-15H2,1-5H3/b12-11+/t19-,20-,21?,23?/m1/s1.